The van der Waals surface area contributed by atoms with E-state index in [1.54, 1.807) is 14.2 Å². The normalized spacial score (nSPS) is 28.6. The minimum atomic E-state index is 0.473. The highest BCUT2D eigenvalue weighted by Crippen LogP contribution is 2.39. The first-order valence-corrected chi connectivity index (χ1v) is 7.70. The van der Waals surface area contributed by atoms with Gasteiger partial charge < -0.3 is 14.2 Å². The van der Waals surface area contributed by atoms with Gasteiger partial charge in [-0.2, -0.15) is 0 Å². The van der Waals surface area contributed by atoms with Gasteiger partial charge in [0.2, 0.25) is 0 Å². The number of ether oxygens (including phenoxy) is 3. The fourth-order valence-corrected chi connectivity index (χ4v) is 4.00. The number of likely N-dealkylation sites (tertiary alicyclic amines) is 1. The van der Waals surface area contributed by atoms with Crippen LogP contribution in [0.3, 0.4) is 0 Å². The molecule has 0 aromatic heterocycles. The van der Waals surface area contributed by atoms with Crippen LogP contribution >= 0.6 is 0 Å². The van der Waals surface area contributed by atoms with Crippen LogP contribution in [0.15, 0.2) is 18.2 Å². The van der Waals surface area contributed by atoms with E-state index in [1.807, 2.05) is 13.2 Å². The lowest BCUT2D eigenvalue weighted by atomic mass is 9.94. The number of fused-ring (bicyclic) bond motifs is 2. The van der Waals surface area contributed by atoms with E-state index in [0.29, 0.717) is 17.9 Å². The summed E-state index contributed by atoms with van der Waals surface area (Å²) in [6.07, 6.45) is 3.09. The van der Waals surface area contributed by atoms with E-state index in [9.17, 15) is 0 Å². The number of rotatable bonds is 5. The summed E-state index contributed by atoms with van der Waals surface area (Å²) in [5, 5.41) is 0. The van der Waals surface area contributed by atoms with Crippen molar-refractivity contribution in [3.8, 4) is 11.5 Å². The number of methoxy groups -OCH3 is 3. The Labute approximate surface area is 127 Å². The molecule has 1 aliphatic carbocycles. The Balaban J connectivity index is 1.70. The van der Waals surface area contributed by atoms with Gasteiger partial charge in [0.1, 0.15) is 11.5 Å². The highest BCUT2D eigenvalue weighted by atomic mass is 16.5. The van der Waals surface area contributed by atoms with Crippen LogP contribution in [0.1, 0.15) is 18.4 Å². The number of hydrogen-bond acceptors (Lipinski definition) is 4. The monoisotopic (exact) mass is 291 g/mol. The molecule has 0 spiro atoms. The Morgan fingerprint density at radius 1 is 0.952 bits per heavy atom. The van der Waals surface area contributed by atoms with Gasteiger partial charge in [-0.15, -0.1) is 0 Å². The van der Waals surface area contributed by atoms with Gasteiger partial charge in [-0.05, 0) is 42.4 Å². The molecule has 1 aromatic carbocycles. The molecule has 1 aliphatic heterocycles. The minimum absolute atomic E-state index is 0.473. The lowest BCUT2D eigenvalue weighted by molar-refractivity contribution is -0.0180. The van der Waals surface area contributed by atoms with Gasteiger partial charge in [-0.3, -0.25) is 4.90 Å². The van der Waals surface area contributed by atoms with Crippen LogP contribution in [-0.2, 0) is 11.3 Å². The smallest absolute Gasteiger partial charge is 0.122 e. The topological polar surface area (TPSA) is 30.9 Å². The molecule has 0 N–H and O–H groups in total. The van der Waals surface area contributed by atoms with Crippen LogP contribution in [0.2, 0.25) is 0 Å². The average Bonchev–Trinajstić information content (AvgIpc) is 2.76. The molecule has 3 rings (SSSR count). The number of hydrogen-bond donors (Lipinski definition) is 0. The quantitative estimate of drug-likeness (QED) is 0.834. The summed E-state index contributed by atoms with van der Waals surface area (Å²) in [5.74, 6) is 3.11. The molecule has 1 saturated carbocycles. The zero-order valence-corrected chi connectivity index (χ0v) is 13.2. The van der Waals surface area contributed by atoms with Gasteiger partial charge in [0.05, 0.1) is 20.3 Å². The SMILES string of the molecule is COc1cc(CN2C[C@H]3CC[C@@H](C2)C3OC)cc(OC)c1. The van der Waals surface area contributed by atoms with E-state index >= 15 is 0 Å². The fourth-order valence-electron chi connectivity index (χ4n) is 4.00. The van der Waals surface area contributed by atoms with Crippen molar-refractivity contribution < 1.29 is 14.2 Å². The molecule has 1 aromatic rings. The van der Waals surface area contributed by atoms with Crippen LogP contribution in [0.5, 0.6) is 11.5 Å². The largest absolute Gasteiger partial charge is 0.497 e. The molecule has 1 unspecified atom stereocenters. The van der Waals surface area contributed by atoms with E-state index < -0.39 is 0 Å². The molecule has 2 aliphatic rings. The molecule has 0 radical (unpaired) electrons. The van der Waals surface area contributed by atoms with Crippen molar-refractivity contribution >= 4 is 0 Å². The molecule has 0 amide bonds. The molecule has 116 valence electrons. The highest BCUT2D eigenvalue weighted by Gasteiger charge is 2.41. The standard InChI is InChI=1S/C17H25NO3/c1-19-15-6-12(7-16(8-15)20-2)9-18-10-13-4-5-14(11-18)17(13)21-3/h6-8,13-14,17H,4-5,9-11H2,1-3H3/t13-,14+,17?. The highest BCUT2D eigenvalue weighted by molar-refractivity contribution is 5.38. The van der Waals surface area contributed by atoms with Crippen LogP contribution < -0.4 is 9.47 Å². The van der Waals surface area contributed by atoms with Crippen molar-refractivity contribution in [2.45, 2.75) is 25.5 Å². The first-order chi connectivity index (χ1) is 10.2. The molecule has 1 saturated heterocycles. The second-order valence-electron chi connectivity index (χ2n) is 6.21. The van der Waals surface area contributed by atoms with Gasteiger partial charge in [0.15, 0.2) is 0 Å². The minimum Gasteiger partial charge on any atom is -0.497 e. The lowest BCUT2D eigenvalue weighted by Gasteiger charge is -2.37. The predicted octanol–water partition coefficient (Wildman–Crippen LogP) is 2.56. The van der Waals surface area contributed by atoms with Crippen LogP contribution in [0.4, 0.5) is 0 Å². The summed E-state index contributed by atoms with van der Waals surface area (Å²) in [5.41, 5.74) is 1.25. The van der Waals surface area contributed by atoms with Gasteiger partial charge in [0, 0.05) is 32.8 Å². The first-order valence-electron chi connectivity index (χ1n) is 7.70. The van der Waals surface area contributed by atoms with Crippen molar-refractivity contribution in [3.05, 3.63) is 23.8 Å². The Hall–Kier alpha value is -1.26. The third-order valence-electron chi connectivity index (χ3n) is 4.91. The molecular formula is C17H25NO3. The average molecular weight is 291 g/mol. The van der Waals surface area contributed by atoms with Crippen molar-refractivity contribution in [1.29, 1.82) is 0 Å². The number of piperidine rings is 1. The Morgan fingerprint density at radius 2 is 1.52 bits per heavy atom. The summed E-state index contributed by atoms with van der Waals surface area (Å²) >= 11 is 0. The Morgan fingerprint density at radius 3 is 2.00 bits per heavy atom. The number of nitrogens with zero attached hydrogens (tertiary/aromatic N) is 1. The van der Waals surface area contributed by atoms with E-state index in [2.05, 4.69) is 17.0 Å². The number of benzene rings is 1. The van der Waals surface area contributed by atoms with Gasteiger partial charge in [0.25, 0.3) is 0 Å². The van der Waals surface area contributed by atoms with Crippen molar-refractivity contribution in [2.75, 3.05) is 34.4 Å². The molecule has 2 bridgehead atoms. The molecular weight excluding hydrogens is 266 g/mol. The molecule has 4 nitrogen and oxygen atoms in total. The van der Waals surface area contributed by atoms with Crippen molar-refractivity contribution in [3.63, 3.8) is 0 Å². The van der Waals surface area contributed by atoms with E-state index in [0.717, 1.165) is 31.1 Å². The van der Waals surface area contributed by atoms with Crippen molar-refractivity contribution in [1.82, 2.24) is 4.90 Å². The first kappa shape index (κ1) is 14.7. The predicted molar refractivity (Wildman–Crippen MR) is 81.8 cm³/mol. The van der Waals surface area contributed by atoms with Crippen LogP contribution in [0.25, 0.3) is 0 Å². The maximum absolute atomic E-state index is 5.68. The van der Waals surface area contributed by atoms with Gasteiger partial charge >= 0.3 is 0 Å². The second kappa shape index (κ2) is 6.24. The zero-order chi connectivity index (χ0) is 14.8. The molecule has 21 heavy (non-hydrogen) atoms. The molecule has 2 fully saturated rings. The maximum atomic E-state index is 5.68. The maximum Gasteiger partial charge on any atom is 0.122 e. The summed E-state index contributed by atoms with van der Waals surface area (Å²) in [6, 6.07) is 6.13. The van der Waals surface area contributed by atoms with Crippen molar-refractivity contribution in [2.24, 2.45) is 11.8 Å². The summed E-state index contributed by atoms with van der Waals surface area (Å²) < 4.78 is 16.4. The second-order valence-corrected chi connectivity index (χ2v) is 6.21. The van der Waals surface area contributed by atoms with Gasteiger partial charge in [-0.1, -0.05) is 0 Å². The fraction of sp³-hybridized carbons (Fsp3) is 0.647. The summed E-state index contributed by atoms with van der Waals surface area (Å²) in [7, 11) is 5.25. The third kappa shape index (κ3) is 3.01. The molecule has 1 heterocycles. The van der Waals surface area contributed by atoms with Crippen LogP contribution in [-0.4, -0.2) is 45.4 Å². The van der Waals surface area contributed by atoms with E-state index in [4.69, 9.17) is 14.2 Å². The van der Waals surface area contributed by atoms with Crippen LogP contribution in [0, 0.1) is 11.8 Å². The molecule has 3 atom stereocenters. The van der Waals surface area contributed by atoms with Gasteiger partial charge in [-0.25, -0.2) is 0 Å². The summed E-state index contributed by atoms with van der Waals surface area (Å²) in [4.78, 5) is 2.55. The third-order valence-corrected chi connectivity index (χ3v) is 4.91. The molecule has 4 heteroatoms. The Kier molecular flexibility index (Phi) is 4.36. The Bertz CT molecular complexity index is 455. The van der Waals surface area contributed by atoms with E-state index in [1.165, 1.54) is 18.4 Å². The summed E-state index contributed by atoms with van der Waals surface area (Å²) in [6.45, 7) is 3.22. The zero-order valence-electron chi connectivity index (χ0n) is 13.2. The lowest BCUT2D eigenvalue weighted by Crippen LogP contribution is -2.45. The van der Waals surface area contributed by atoms with E-state index in [-0.39, 0.29) is 0 Å².